The van der Waals surface area contributed by atoms with Crippen LogP contribution in [0, 0.1) is 12.8 Å². The number of aliphatic hydroxyl groups is 1. The molecule has 0 saturated heterocycles. The zero-order chi connectivity index (χ0) is 9.97. The minimum absolute atomic E-state index is 0.274. The summed E-state index contributed by atoms with van der Waals surface area (Å²) in [5, 5.41) is 9.96. The molecule has 1 fully saturated rings. The molecule has 3 heteroatoms. The average molecular weight is 211 g/mol. The van der Waals surface area contributed by atoms with Crippen LogP contribution in [0.1, 0.15) is 48.8 Å². The predicted molar refractivity (Wildman–Crippen MR) is 58.4 cm³/mol. The van der Waals surface area contributed by atoms with Crippen molar-refractivity contribution >= 4 is 11.5 Å². The maximum atomic E-state index is 9.96. The van der Waals surface area contributed by atoms with Crippen LogP contribution in [-0.4, -0.2) is 9.48 Å². The molecule has 1 aromatic heterocycles. The molecule has 1 unspecified atom stereocenters. The van der Waals surface area contributed by atoms with E-state index in [0.29, 0.717) is 0 Å². The van der Waals surface area contributed by atoms with Gasteiger partial charge in [-0.2, -0.15) is 4.37 Å². The van der Waals surface area contributed by atoms with Gasteiger partial charge in [-0.3, -0.25) is 0 Å². The first-order valence-electron chi connectivity index (χ1n) is 5.37. The second-order valence-corrected chi connectivity index (χ2v) is 5.11. The van der Waals surface area contributed by atoms with Crippen molar-refractivity contribution in [3.05, 3.63) is 16.6 Å². The number of hydrogen-bond donors (Lipinski definition) is 1. The lowest BCUT2D eigenvalue weighted by atomic mass is 9.99. The molecule has 1 aliphatic carbocycles. The van der Waals surface area contributed by atoms with E-state index in [4.69, 9.17) is 0 Å². The van der Waals surface area contributed by atoms with E-state index in [-0.39, 0.29) is 6.10 Å². The summed E-state index contributed by atoms with van der Waals surface area (Å²) in [5.41, 5.74) is 1.02. The zero-order valence-electron chi connectivity index (χ0n) is 8.57. The van der Waals surface area contributed by atoms with E-state index in [1.165, 1.54) is 37.2 Å². The first-order chi connectivity index (χ1) is 6.75. The van der Waals surface area contributed by atoms with Crippen molar-refractivity contribution in [3.8, 4) is 0 Å². The molecule has 1 atom stereocenters. The molecule has 2 nitrogen and oxygen atoms in total. The zero-order valence-corrected chi connectivity index (χ0v) is 9.39. The maximum absolute atomic E-state index is 9.96. The Balaban J connectivity index is 1.91. The largest absolute Gasteiger partial charge is 0.388 e. The highest BCUT2D eigenvalue weighted by molar-refractivity contribution is 7.05. The Morgan fingerprint density at radius 2 is 2.29 bits per heavy atom. The molecule has 1 saturated carbocycles. The third-order valence-electron chi connectivity index (χ3n) is 3.01. The van der Waals surface area contributed by atoms with Crippen LogP contribution < -0.4 is 0 Å². The summed E-state index contributed by atoms with van der Waals surface area (Å²) < 4.78 is 4.19. The van der Waals surface area contributed by atoms with Crippen LogP contribution >= 0.6 is 11.5 Å². The molecule has 1 N–H and O–H groups in total. The second kappa shape index (κ2) is 4.41. The molecule has 0 aliphatic heterocycles. The number of rotatable bonds is 3. The second-order valence-electron chi connectivity index (χ2n) is 4.27. The first kappa shape index (κ1) is 10.1. The van der Waals surface area contributed by atoms with E-state index >= 15 is 0 Å². The van der Waals surface area contributed by atoms with Crippen molar-refractivity contribution < 1.29 is 5.11 Å². The minimum atomic E-state index is -0.274. The number of nitrogens with zero attached hydrogens (tertiary/aromatic N) is 1. The molecular formula is C11H17NOS. The highest BCUT2D eigenvalue weighted by atomic mass is 32.1. The Labute approximate surface area is 89.1 Å². The van der Waals surface area contributed by atoms with Gasteiger partial charge in [0.15, 0.2) is 0 Å². The molecule has 1 heterocycles. The average Bonchev–Trinajstić information content (AvgIpc) is 2.75. The van der Waals surface area contributed by atoms with Crippen molar-refractivity contribution in [1.82, 2.24) is 4.37 Å². The molecule has 0 bridgehead atoms. The van der Waals surface area contributed by atoms with Gasteiger partial charge in [0, 0.05) is 0 Å². The van der Waals surface area contributed by atoms with Gasteiger partial charge in [-0.1, -0.05) is 25.7 Å². The molecular weight excluding hydrogens is 194 g/mol. The van der Waals surface area contributed by atoms with Crippen LogP contribution in [0.15, 0.2) is 6.07 Å². The Kier molecular flexibility index (Phi) is 3.19. The van der Waals surface area contributed by atoms with E-state index in [9.17, 15) is 5.11 Å². The fourth-order valence-electron chi connectivity index (χ4n) is 2.22. The van der Waals surface area contributed by atoms with Crippen LogP contribution in [0.4, 0.5) is 0 Å². The van der Waals surface area contributed by atoms with Gasteiger partial charge in [-0.05, 0) is 36.9 Å². The summed E-state index contributed by atoms with van der Waals surface area (Å²) >= 11 is 1.44. The smallest absolute Gasteiger partial charge is 0.0900 e. The quantitative estimate of drug-likeness (QED) is 0.833. The fourth-order valence-corrected chi connectivity index (χ4v) is 2.96. The Morgan fingerprint density at radius 3 is 2.86 bits per heavy atom. The maximum Gasteiger partial charge on any atom is 0.0900 e. The van der Waals surface area contributed by atoms with E-state index in [1.54, 1.807) is 0 Å². The van der Waals surface area contributed by atoms with Gasteiger partial charge < -0.3 is 5.11 Å². The standard InChI is InChI=1S/C11H17NOS/c1-8-6-11(14-12-8)10(13)7-9-4-2-3-5-9/h6,9-10,13H,2-5,7H2,1H3. The van der Waals surface area contributed by atoms with Gasteiger partial charge in [0.1, 0.15) is 0 Å². The molecule has 0 spiro atoms. The minimum Gasteiger partial charge on any atom is -0.388 e. The summed E-state index contributed by atoms with van der Waals surface area (Å²) in [4.78, 5) is 1.04. The Hall–Kier alpha value is -0.410. The molecule has 1 aromatic rings. The highest BCUT2D eigenvalue weighted by Gasteiger charge is 2.20. The van der Waals surface area contributed by atoms with Gasteiger partial charge in [-0.15, -0.1) is 0 Å². The van der Waals surface area contributed by atoms with Crippen molar-refractivity contribution in [2.75, 3.05) is 0 Å². The van der Waals surface area contributed by atoms with Crippen LogP contribution in [0.3, 0.4) is 0 Å². The van der Waals surface area contributed by atoms with Crippen molar-refractivity contribution in [2.24, 2.45) is 5.92 Å². The monoisotopic (exact) mass is 211 g/mol. The fraction of sp³-hybridized carbons (Fsp3) is 0.727. The lowest BCUT2D eigenvalue weighted by molar-refractivity contribution is 0.148. The number of hydrogen-bond acceptors (Lipinski definition) is 3. The van der Waals surface area contributed by atoms with E-state index < -0.39 is 0 Å². The summed E-state index contributed by atoms with van der Waals surface area (Å²) in [6.45, 7) is 1.97. The van der Waals surface area contributed by atoms with Crippen LogP contribution in [0.5, 0.6) is 0 Å². The van der Waals surface area contributed by atoms with Crippen LogP contribution in [0.25, 0.3) is 0 Å². The summed E-state index contributed by atoms with van der Waals surface area (Å²) in [7, 11) is 0. The van der Waals surface area contributed by atoms with Crippen LogP contribution in [-0.2, 0) is 0 Å². The molecule has 78 valence electrons. The summed E-state index contributed by atoms with van der Waals surface area (Å²) in [6, 6.07) is 2.00. The van der Waals surface area contributed by atoms with E-state index in [2.05, 4.69) is 4.37 Å². The third kappa shape index (κ3) is 2.34. The van der Waals surface area contributed by atoms with Gasteiger partial charge in [-0.25, -0.2) is 0 Å². The van der Waals surface area contributed by atoms with Crippen LogP contribution in [0.2, 0.25) is 0 Å². The SMILES string of the molecule is Cc1cc(C(O)CC2CCCC2)sn1. The molecule has 0 aromatic carbocycles. The normalized spacial score (nSPS) is 20.1. The molecule has 0 radical (unpaired) electrons. The highest BCUT2D eigenvalue weighted by Crippen LogP contribution is 2.33. The molecule has 1 aliphatic rings. The van der Waals surface area contributed by atoms with E-state index in [1.807, 2.05) is 13.0 Å². The van der Waals surface area contributed by atoms with Gasteiger partial charge in [0.2, 0.25) is 0 Å². The Morgan fingerprint density at radius 1 is 1.57 bits per heavy atom. The topological polar surface area (TPSA) is 33.1 Å². The van der Waals surface area contributed by atoms with Crippen molar-refractivity contribution in [2.45, 2.75) is 45.1 Å². The first-order valence-corrected chi connectivity index (χ1v) is 6.14. The van der Waals surface area contributed by atoms with Crippen molar-refractivity contribution in [1.29, 1.82) is 0 Å². The summed E-state index contributed by atoms with van der Waals surface area (Å²) in [5.74, 6) is 0.743. The number of aryl methyl sites for hydroxylation is 1. The van der Waals surface area contributed by atoms with Gasteiger partial charge in [0.05, 0.1) is 16.7 Å². The predicted octanol–water partition coefficient (Wildman–Crippen LogP) is 3.07. The van der Waals surface area contributed by atoms with Gasteiger partial charge in [0.25, 0.3) is 0 Å². The van der Waals surface area contributed by atoms with E-state index in [0.717, 1.165) is 22.9 Å². The van der Waals surface area contributed by atoms with Gasteiger partial charge >= 0.3 is 0 Å². The van der Waals surface area contributed by atoms with Crippen molar-refractivity contribution in [3.63, 3.8) is 0 Å². The summed E-state index contributed by atoms with van der Waals surface area (Å²) in [6.07, 6.45) is 5.95. The lowest BCUT2D eigenvalue weighted by Crippen LogP contribution is -2.02. The number of aliphatic hydroxyl groups excluding tert-OH is 1. The molecule has 2 rings (SSSR count). The molecule has 14 heavy (non-hydrogen) atoms. The lowest BCUT2D eigenvalue weighted by Gasteiger charge is -2.12. The molecule has 0 amide bonds. The number of aromatic nitrogens is 1. The Bertz CT molecular complexity index is 291. The third-order valence-corrected chi connectivity index (χ3v) is 3.99.